The van der Waals surface area contributed by atoms with Gasteiger partial charge in [-0.2, -0.15) is 11.8 Å². The lowest BCUT2D eigenvalue weighted by molar-refractivity contribution is -0.136. The lowest BCUT2D eigenvalue weighted by Gasteiger charge is -2.37. The lowest BCUT2D eigenvalue weighted by atomic mass is 9.99. The summed E-state index contributed by atoms with van der Waals surface area (Å²) < 4.78 is 10.5. The number of methoxy groups -OCH3 is 1. The summed E-state index contributed by atoms with van der Waals surface area (Å²) in [5.74, 6) is 1.49. The van der Waals surface area contributed by atoms with Gasteiger partial charge in [0.1, 0.15) is 23.4 Å². The smallest absolute Gasteiger partial charge is 0.408 e. The van der Waals surface area contributed by atoms with E-state index in [1.165, 1.54) is 0 Å². The third-order valence-electron chi connectivity index (χ3n) is 5.09. The van der Waals surface area contributed by atoms with Crippen molar-refractivity contribution in [3.05, 3.63) is 65.7 Å². The molecule has 0 saturated carbocycles. The van der Waals surface area contributed by atoms with Crippen molar-refractivity contribution in [3.63, 3.8) is 0 Å². The number of thioether (sulfide) groups is 1. The summed E-state index contributed by atoms with van der Waals surface area (Å²) in [6, 6.07) is 14.8. The number of benzene rings is 2. The molecule has 3 N–H and O–H groups in total. The first kappa shape index (κ1) is 25.4. The molecule has 1 saturated heterocycles. The highest BCUT2D eigenvalue weighted by atomic mass is 32.2. The molecule has 1 aliphatic heterocycles. The van der Waals surface area contributed by atoms with Gasteiger partial charge in [0.05, 0.1) is 13.2 Å². The summed E-state index contributed by atoms with van der Waals surface area (Å²) in [4.78, 5) is 37.7. The number of rotatable bonds is 9. The molecule has 3 amide bonds. The van der Waals surface area contributed by atoms with E-state index in [1.807, 2.05) is 30.3 Å². The van der Waals surface area contributed by atoms with Crippen LogP contribution in [0.5, 0.6) is 5.75 Å². The fraction of sp³-hybridized carbons (Fsp3) is 0.400. The Bertz CT molecular complexity index is 992. The second kappa shape index (κ2) is 11.3. The van der Waals surface area contributed by atoms with Gasteiger partial charge in [-0.15, -0.1) is 0 Å². The Hall–Kier alpha value is -3.20. The predicted octanol–water partition coefficient (Wildman–Crippen LogP) is 3.18. The summed E-state index contributed by atoms with van der Waals surface area (Å²) in [7, 11) is 1.63. The Morgan fingerprint density at radius 2 is 1.76 bits per heavy atom. The van der Waals surface area contributed by atoms with Crippen LogP contribution in [0, 0.1) is 0 Å². The maximum Gasteiger partial charge on any atom is 0.408 e. The average molecular weight is 486 g/mol. The molecule has 2 aromatic carbocycles. The number of hydrogen-bond donors (Lipinski definition) is 3. The van der Waals surface area contributed by atoms with Crippen LogP contribution in [0.25, 0.3) is 0 Å². The van der Waals surface area contributed by atoms with Gasteiger partial charge in [-0.05, 0) is 44.0 Å². The van der Waals surface area contributed by atoms with Crippen LogP contribution in [0.1, 0.15) is 37.9 Å². The Morgan fingerprint density at radius 3 is 2.35 bits per heavy atom. The van der Waals surface area contributed by atoms with Crippen molar-refractivity contribution in [1.29, 1.82) is 0 Å². The van der Waals surface area contributed by atoms with Gasteiger partial charge in [-0.25, -0.2) is 4.79 Å². The summed E-state index contributed by atoms with van der Waals surface area (Å²) in [6.07, 6.45) is -0.707. The van der Waals surface area contributed by atoms with Crippen LogP contribution in [0.2, 0.25) is 0 Å². The summed E-state index contributed by atoms with van der Waals surface area (Å²) in [5.41, 5.74) is 1.03. The quantitative estimate of drug-likeness (QED) is 0.471. The van der Waals surface area contributed by atoms with Crippen molar-refractivity contribution in [2.45, 2.75) is 50.3 Å². The van der Waals surface area contributed by atoms with Crippen LogP contribution in [-0.2, 0) is 20.1 Å². The standard InChI is InChI=1S/C25H31N3O5S/c1-25(2,3)33-24(31)28-20(17-8-6-5-7-9-17)22(29)27-21-19(26-23(21)30)15-34-14-16-10-12-18(32-4)13-11-16/h5-13,19-21H,14-15H2,1-4H3,(H,26,30)(H,27,29)(H,28,31). The topological polar surface area (TPSA) is 106 Å². The predicted molar refractivity (Wildman–Crippen MR) is 132 cm³/mol. The van der Waals surface area contributed by atoms with E-state index in [9.17, 15) is 14.4 Å². The van der Waals surface area contributed by atoms with Crippen LogP contribution in [0.3, 0.4) is 0 Å². The van der Waals surface area contributed by atoms with Gasteiger partial charge < -0.3 is 25.4 Å². The third kappa shape index (κ3) is 7.15. The zero-order valence-corrected chi connectivity index (χ0v) is 20.6. The highest BCUT2D eigenvalue weighted by molar-refractivity contribution is 7.98. The molecule has 9 heteroatoms. The Kier molecular flexibility index (Phi) is 8.44. The molecule has 1 aliphatic rings. The van der Waals surface area contributed by atoms with Crippen LogP contribution < -0.4 is 20.7 Å². The number of hydrogen-bond acceptors (Lipinski definition) is 6. The van der Waals surface area contributed by atoms with E-state index in [0.29, 0.717) is 11.3 Å². The van der Waals surface area contributed by atoms with Gasteiger partial charge >= 0.3 is 6.09 Å². The number of β-lactam (4-membered cyclic amide) rings is 1. The molecule has 0 aliphatic carbocycles. The van der Waals surface area contributed by atoms with E-state index in [2.05, 4.69) is 16.0 Å². The zero-order valence-electron chi connectivity index (χ0n) is 19.8. The lowest BCUT2D eigenvalue weighted by Crippen LogP contribution is -2.70. The zero-order chi connectivity index (χ0) is 24.7. The first-order valence-electron chi connectivity index (χ1n) is 11.0. The molecular weight excluding hydrogens is 454 g/mol. The molecule has 34 heavy (non-hydrogen) atoms. The van der Waals surface area contributed by atoms with Crippen molar-refractivity contribution in [2.24, 2.45) is 0 Å². The second-order valence-electron chi connectivity index (χ2n) is 8.95. The molecule has 0 spiro atoms. The summed E-state index contributed by atoms with van der Waals surface area (Å²) >= 11 is 1.66. The molecule has 0 bridgehead atoms. The molecule has 0 radical (unpaired) electrons. The third-order valence-corrected chi connectivity index (χ3v) is 6.22. The molecule has 1 fully saturated rings. The molecule has 8 nitrogen and oxygen atoms in total. The van der Waals surface area contributed by atoms with E-state index in [4.69, 9.17) is 9.47 Å². The molecule has 3 unspecified atom stereocenters. The summed E-state index contributed by atoms with van der Waals surface area (Å²) in [5, 5.41) is 8.27. The van der Waals surface area contributed by atoms with E-state index in [-0.39, 0.29) is 11.9 Å². The highest BCUT2D eigenvalue weighted by Gasteiger charge is 2.41. The number of nitrogens with one attached hydrogen (secondary N) is 3. The maximum absolute atomic E-state index is 13.1. The number of alkyl carbamates (subject to hydrolysis) is 1. The van der Waals surface area contributed by atoms with Gasteiger partial charge in [-0.1, -0.05) is 42.5 Å². The van der Waals surface area contributed by atoms with Gasteiger partial charge in [0.15, 0.2) is 0 Å². The fourth-order valence-electron chi connectivity index (χ4n) is 3.38. The molecule has 3 atom stereocenters. The van der Waals surface area contributed by atoms with Crippen molar-refractivity contribution in [2.75, 3.05) is 12.9 Å². The Balaban J connectivity index is 1.59. The van der Waals surface area contributed by atoms with Gasteiger partial charge in [0.25, 0.3) is 0 Å². The molecule has 0 aromatic heterocycles. The maximum atomic E-state index is 13.1. The van der Waals surface area contributed by atoms with Crippen LogP contribution >= 0.6 is 11.8 Å². The largest absolute Gasteiger partial charge is 0.497 e. The highest BCUT2D eigenvalue weighted by Crippen LogP contribution is 2.21. The van der Waals surface area contributed by atoms with E-state index >= 15 is 0 Å². The minimum atomic E-state index is -0.989. The van der Waals surface area contributed by atoms with Gasteiger partial charge in [-0.3, -0.25) is 9.59 Å². The SMILES string of the molecule is COc1ccc(CSCC2NC(=O)C2NC(=O)C(NC(=O)OC(C)(C)C)c2ccccc2)cc1. The van der Waals surface area contributed by atoms with Crippen molar-refractivity contribution in [3.8, 4) is 5.75 Å². The first-order chi connectivity index (χ1) is 16.2. The van der Waals surface area contributed by atoms with E-state index in [1.54, 1.807) is 63.9 Å². The first-order valence-corrected chi connectivity index (χ1v) is 12.2. The molecule has 3 rings (SSSR count). The fourth-order valence-corrected chi connectivity index (χ4v) is 4.46. The number of carbonyl (C=O) groups excluding carboxylic acids is 3. The molecule has 1 heterocycles. The average Bonchev–Trinajstić information content (AvgIpc) is 2.80. The van der Waals surface area contributed by atoms with Gasteiger partial charge in [0, 0.05) is 11.5 Å². The molecular formula is C25H31N3O5S. The van der Waals surface area contributed by atoms with Crippen LogP contribution in [-0.4, -0.2) is 48.5 Å². The Morgan fingerprint density at radius 1 is 1.09 bits per heavy atom. The van der Waals surface area contributed by atoms with Crippen LogP contribution in [0.4, 0.5) is 4.79 Å². The number of amides is 3. The summed E-state index contributed by atoms with van der Waals surface area (Å²) in [6.45, 7) is 5.24. The van der Waals surface area contributed by atoms with E-state index < -0.39 is 29.7 Å². The van der Waals surface area contributed by atoms with Crippen molar-refractivity contribution < 1.29 is 23.9 Å². The van der Waals surface area contributed by atoms with Crippen LogP contribution in [0.15, 0.2) is 54.6 Å². The molecule has 2 aromatic rings. The minimum Gasteiger partial charge on any atom is -0.497 e. The number of ether oxygens (including phenoxy) is 2. The Labute approximate surface area is 204 Å². The monoisotopic (exact) mass is 485 g/mol. The van der Waals surface area contributed by atoms with E-state index in [0.717, 1.165) is 17.1 Å². The van der Waals surface area contributed by atoms with Gasteiger partial charge in [0.2, 0.25) is 11.8 Å². The number of carbonyl (C=O) groups is 3. The second-order valence-corrected chi connectivity index (χ2v) is 9.98. The molecule has 182 valence electrons. The normalized spacial score (nSPS) is 18.2. The van der Waals surface area contributed by atoms with Crippen molar-refractivity contribution >= 4 is 29.7 Å². The van der Waals surface area contributed by atoms with Crippen molar-refractivity contribution in [1.82, 2.24) is 16.0 Å². The minimum absolute atomic E-state index is 0.197.